The normalized spacial score (nSPS) is 10.7. The van der Waals surface area contributed by atoms with E-state index in [0.29, 0.717) is 18.7 Å². The first-order chi connectivity index (χ1) is 11.8. The monoisotopic (exact) mass is 462 g/mol. The van der Waals surface area contributed by atoms with Gasteiger partial charge in [0.15, 0.2) is 5.96 Å². The number of nitrogens with zero attached hydrogens (tertiary/aromatic N) is 1. The van der Waals surface area contributed by atoms with Crippen molar-refractivity contribution >= 4 is 35.8 Å². The number of hydrogen-bond donors (Lipinski definition) is 3. The number of benzene rings is 1. The summed E-state index contributed by atoms with van der Waals surface area (Å²) >= 11 is 0. The Hall–Kier alpha value is -1.35. The molecule has 0 unspecified atom stereocenters. The standard InChI is InChI=1S/C18H30N4O2.HI/c1-3-19-18(21-12-8-9-15-24-4-2)22-14-13-20-17(23)16-10-6-5-7-11-16;/h5-7,10-11H,3-4,8-9,12-15H2,1-2H3,(H,20,23)(H2,19,21,22);1H. The lowest BCUT2D eigenvalue weighted by Gasteiger charge is -2.12. The predicted molar refractivity (Wildman–Crippen MR) is 114 cm³/mol. The van der Waals surface area contributed by atoms with E-state index in [-0.39, 0.29) is 29.9 Å². The molecular weight excluding hydrogens is 431 g/mol. The Bertz CT molecular complexity index is 483. The van der Waals surface area contributed by atoms with E-state index < -0.39 is 0 Å². The Morgan fingerprint density at radius 2 is 1.76 bits per heavy atom. The highest BCUT2D eigenvalue weighted by Gasteiger charge is 2.03. The number of ether oxygens (including phenoxy) is 1. The van der Waals surface area contributed by atoms with Crippen molar-refractivity contribution in [1.29, 1.82) is 0 Å². The Morgan fingerprint density at radius 1 is 1.04 bits per heavy atom. The maximum Gasteiger partial charge on any atom is 0.251 e. The van der Waals surface area contributed by atoms with Crippen molar-refractivity contribution < 1.29 is 9.53 Å². The fourth-order valence-corrected chi connectivity index (χ4v) is 2.04. The van der Waals surface area contributed by atoms with Crippen LogP contribution in [0.2, 0.25) is 0 Å². The zero-order valence-corrected chi connectivity index (χ0v) is 17.5. The molecule has 0 fully saturated rings. The number of aliphatic imine (C=N–C) groups is 1. The SMILES string of the molecule is CCNC(=NCCCCOCC)NCCNC(=O)c1ccccc1.I. The Labute approximate surface area is 168 Å². The van der Waals surface area contributed by atoms with Crippen LogP contribution in [0.4, 0.5) is 0 Å². The number of rotatable bonds is 11. The fraction of sp³-hybridized carbons (Fsp3) is 0.556. The molecule has 0 saturated heterocycles. The van der Waals surface area contributed by atoms with Crippen molar-refractivity contribution in [2.75, 3.05) is 39.4 Å². The van der Waals surface area contributed by atoms with Gasteiger partial charge in [-0.2, -0.15) is 0 Å². The molecule has 0 aliphatic heterocycles. The molecule has 7 heteroatoms. The second-order valence-corrected chi connectivity index (χ2v) is 5.21. The van der Waals surface area contributed by atoms with Gasteiger partial charge < -0.3 is 20.7 Å². The molecule has 0 saturated carbocycles. The molecule has 0 spiro atoms. The van der Waals surface area contributed by atoms with E-state index in [0.717, 1.165) is 45.1 Å². The molecule has 1 amide bonds. The molecule has 0 atom stereocenters. The molecular formula is C18H31IN4O2. The van der Waals surface area contributed by atoms with Gasteiger partial charge in [-0.1, -0.05) is 18.2 Å². The summed E-state index contributed by atoms with van der Waals surface area (Å²) < 4.78 is 5.31. The van der Waals surface area contributed by atoms with Crippen molar-refractivity contribution in [1.82, 2.24) is 16.0 Å². The highest BCUT2D eigenvalue weighted by Crippen LogP contribution is 1.97. The number of unbranched alkanes of at least 4 members (excludes halogenated alkanes) is 1. The van der Waals surface area contributed by atoms with Crippen molar-refractivity contribution in [2.45, 2.75) is 26.7 Å². The second-order valence-electron chi connectivity index (χ2n) is 5.21. The van der Waals surface area contributed by atoms with Gasteiger partial charge in [0.25, 0.3) is 5.91 Å². The van der Waals surface area contributed by atoms with E-state index in [1.54, 1.807) is 12.1 Å². The molecule has 0 aromatic heterocycles. The summed E-state index contributed by atoms with van der Waals surface area (Å²) in [5.74, 6) is 0.720. The van der Waals surface area contributed by atoms with Crippen LogP contribution in [-0.4, -0.2) is 51.3 Å². The summed E-state index contributed by atoms with van der Waals surface area (Å²) in [5.41, 5.74) is 0.673. The fourth-order valence-electron chi connectivity index (χ4n) is 2.04. The highest BCUT2D eigenvalue weighted by molar-refractivity contribution is 14.0. The van der Waals surface area contributed by atoms with Crippen LogP contribution >= 0.6 is 24.0 Å². The van der Waals surface area contributed by atoms with Crippen LogP contribution in [0.5, 0.6) is 0 Å². The average Bonchev–Trinajstić information content (AvgIpc) is 2.62. The molecule has 6 nitrogen and oxygen atoms in total. The molecule has 0 aliphatic rings. The molecule has 1 aromatic rings. The van der Waals surface area contributed by atoms with Gasteiger partial charge in [-0.15, -0.1) is 24.0 Å². The molecule has 0 heterocycles. The lowest BCUT2D eigenvalue weighted by atomic mass is 10.2. The third-order valence-electron chi connectivity index (χ3n) is 3.25. The van der Waals surface area contributed by atoms with Gasteiger partial charge in [0.2, 0.25) is 0 Å². The number of amides is 1. The van der Waals surface area contributed by atoms with Crippen LogP contribution in [0.15, 0.2) is 35.3 Å². The highest BCUT2D eigenvalue weighted by atomic mass is 127. The summed E-state index contributed by atoms with van der Waals surface area (Å²) in [7, 11) is 0. The summed E-state index contributed by atoms with van der Waals surface area (Å²) in [6.45, 7) is 8.33. The molecule has 0 aliphatic carbocycles. The van der Waals surface area contributed by atoms with Crippen LogP contribution < -0.4 is 16.0 Å². The molecule has 0 radical (unpaired) electrons. The minimum Gasteiger partial charge on any atom is -0.382 e. The zero-order valence-electron chi connectivity index (χ0n) is 15.2. The molecule has 1 aromatic carbocycles. The van der Waals surface area contributed by atoms with Gasteiger partial charge in [0, 0.05) is 45.0 Å². The number of halogens is 1. The van der Waals surface area contributed by atoms with E-state index in [2.05, 4.69) is 20.9 Å². The summed E-state index contributed by atoms with van der Waals surface area (Å²) in [4.78, 5) is 16.4. The number of hydrogen-bond acceptors (Lipinski definition) is 3. The molecule has 0 bridgehead atoms. The van der Waals surface area contributed by atoms with Crippen LogP contribution in [0.25, 0.3) is 0 Å². The molecule has 25 heavy (non-hydrogen) atoms. The van der Waals surface area contributed by atoms with Crippen molar-refractivity contribution in [3.63, 3.8) is 0 Å². The van der Waals surface area contributed by atoms with Gasteiger partial charge in [0.05, 0.1) is 0 Å². The number of carbonyl (C=O) groups is 1. The van der Waals surface area contributed by atoms with E-state index >= 15 is 0 Å². The molecule has 3 N–H and O–H groups in total. The third-order valence-corrected chi connectivity index (χ3v) is 3.25. The van der Waals surface area contributed by atoms with Crippen molar-refractivity contribution in [2.24, 2.45) is 4.99 Å². The summed E-state index contributed by atoms with van der Waals surface area (Å²) in [5, 5.41) is 9.31. The maximum absolute atomic E-state index is 11.9. The van der Waals surface area contributed by atoms with Crippen LogP contribution in [-0.2, 0) is 4.74 Å². The van der Waals surface area contributed by atoms with Gasteiger partial charge in [-0.3, -0.25) is 9.79 Å². The van der Waals surface area contributed by atoms with E-state index in [9.17, 15) is 4.79 Å². The second kappa shape index (κ2) is 16.1. The van der Waals surface area contributed by atoms with Crippen molar-refractivity contribution in [3.05, 3.63) is 35.9 Å². The van der Waals surface area contributed by atoms with Gasteiger partial charge in [-0.05, 0) is 38.8 Å². The molecule has 142 valence electrons. The largest absolute Gasteiger partial charge is 0.382 e. The predicted octanol–water partition coefficient (Wildman–Crippen LogP) is 2.41. The van der Waals surface area contributed by atoms with Crippen LogP contribution in [0, 0.1) is 0 Å². The Balaban J connectivity index is 0.00000576. The lowest BCUT2D eigenvalue weighted by molar-refractivity contribution is 0.0954. The first kappa shape index (κ1) is 23.6. The average molecular weight is 462 g/mol. The van der Waals surface area contributed by atoms with Gasteiger partial charge in [-0.25, -0.2) is 0 Å². The Morgan fingerprint density at radius 3 is 2.44 bits per heavy atom. The first-order valence-corrected chi connectivity index (χ1v) is 8.71. The van der Waals surface area contributed by atoms with E-state index in [4.69, 9.17) is 4.74 Å². The smallest absolute Gasteiger partial charge is 0.251 e. The van der Waals surface area contributed by atoms with Crippen molar-refractivity contribution in [3.8, 4) is 0 Å². The number of guanidine groups is 1. The van der Waals surface area contributed by atoms with Crippen LogP contribution in [0.3, 0.4) is 0 Å². The number of nitrogens with one attached hydrogen (secondary N) is 3. The minimum atomic E-state index is -0.0599. The van der Waals surface area contributed by atoms with Crippen LogP contribution in [0.1, 0.15) is 37.0 Å². The van der Waals surface area contributed by atoms with Gasteiger partial charge >= 0.3 is 0 Å². The number of carbonyl (C=O) groups excluding carboxylic acids is 1. The van der Waals surface area contributed by atoms with E-state index in [1.165, 1.54) is 0 Å². The first-order valence-electron chi connectivity index (χ1n) is 8.71. The third kappa shape index (κ3) is 11.8. The van der Waals surface area contributed by atoms with Gasteiger partial charge in [0.1, 0.15) is 0 Å². The minimum absolute atomic E-state index is 0. The summed E-state index contributed by atoms with van der Waals surface area (Å²) in [6.07, 6.45) is 2.02. The molecule has 1 rings (SSSR count). The Kier molecular flexibility index (Phi) is 15.3. The summed E-state index contributed by atoms with van der Waals surface area (Å²) in [6, 6.07) is 9.21. The topological polar surface area (TPSA) is 74.8 Å². The lowest BCUT2D eigenvalue weighted by Crippen LogP contribution is -2.41. The zero-order chi connectivity index (χ0) is 17.5. The maximum atomic E-state index is 11.9. The quantitative estimate of drug-likeness (QED) is 0.204. The van der Waals surface area contributed by atoms with E-state index in [1.807, 2.05) is 32.0 Å².